The number of fused-ring (bicyclic) bond motifs is 7. The summed E-state index contributed by atoms with van der Waals surface area (Å²) in [6, 6.07) is 14.6. The van der Waals surface area contributed by atoms with Gasteiger partial charge >= 0.3 is 0 Å². The number of hydrogen-bond acceptors (Lipinski definition) is 3. The molecule has 3 aromatic heterocycles. The summed E-state index contributed by atoms with van der Waals surface area (Å²) in [5, 5.41) is 3.46. The van der Waals surface area contributed by atoms with Crippen molar-refractivity contribution in [2.24, 2.45) is 4.99 Å². The van der Waals surface area contributed by atoms with Crippen LogP contribution in [0, 0.1) is 0 Å². The third-order valence-electron chi connectivity index (χ3n) is 6.18. The van der Waals surface area contributed by atoms with Crippen LogP contribution in [-0.2, 0) is 0 Å². The first-order chi connectivity index (χ1) is 14.7. The van der Waals surface area contributed by atoms with Gasteiger partial charge in [-0.05, 0) is 60.7 Å². The first-order valence-electron chi connectivity index (χ1n) is 10.2. The lowest BCUT2D eigenvalue weighted by molar-refractivity contribution is 0.690. The fourth-order valence-corrected chi connectivity index (χ4v) is 5.13. The van der Waals surface area contributed by atoms with Crippen molar-refractivity contribution in [2.75, 3.05) is 0 Å². The summed E-state index contributed by atoms with van der Waals surface area (Å²) in [5.41, 5.74) is 7.70. The highest BCUT2D eigenvalue weighted by Crippen LogP contribution is 2.46. The van der Waals surface area contributed by atoms with E-state index >= 15 is 0 Å². The zero-order valence-corrected chi connectivity index (χ0v) is 18.1. The molecule has 0 fully saturated rings. The van der Waals surface area contributed by atoms with Crippen molar-refractivity contribution in [2.45, 2.75) is 25.7 Å². The van der Waals surface area contributed by atoms with E-state index in [4.69, 9.17) is 4.99 Å². The van der Waals surface area contributed by atoms with Crippen LogP contribution in [0.25, 0.3) is 32.7 Å². The normalized spacial score (nSPS) is 16.2. The molecule has 0 bridgehead atoms. The van der Waals surface area contributed by atoms with Crippen LogP contribution in [0.5, 0.6) is 0 Å². The number of halogens is 1. The van der Waals surface area contributed by atoms with Crippen LogP contribution in [0.4, 0.5) is 5.69 Å². The van der Waals surface area contributed by atoms with Crippen LogP contribution < -0.4 is 0 Å². The number of aliphatic imine (C=N–C) groups is 1. The zero-order valence-electron chi connectivity index (χ0n) is 16.5. The number of nitrogens with one attached hydrogen (secondary N) is 1. The van der Waals surface area contributed by atoms with E-state index < -0.39 is 0 Å². The van der Waals surface area contributed by atoms with E-state index in [1.54, 1.807) is 0 Å². The molecule has 2 aromatic carbocycles. The molecule has 1 N–H and O–H groups in total. The molecule has 1 aliphatic heterocycles. The van der Waals surface area contributed by atoms with E-state index in [0.29, 0.717) is 5.92 Å². The average Bonchev–Trinajstić information content (AvgIpc) is 3.21. The Bertz CT molecular complexity index is 1480. The summed E-state index contributed by atoms with van der Waals surface area (Å²) in [4.78, 5) is 18.0. The van der Waals surface area contributed by atoms with Crippen molar-refractivity contribution in [3.05, 3.63) is 76.7 Å². The van der Waals surface area contributed by atoms with Crippen molar-refractivity contribution in [3.63, 3.8) is 0 Å². The fraction of sp³-hybridized carbons (Fsp3) is 0.160. The maximum Gasteiger partial charge on any atom is 0.0986 e. The Labute approximate surface area is 182 Å². The Kier molecular flexibility index (Phi) is 4.00. The quantitative estimate of drug-likeness (QED) is 0.290. The van der Waals surface area contributed by atoms with Gasteiger partial charge in [0.05, 0.1) is 22.4 Å². The van der Waals surface area contributed by atoms with Gasteiger partial charge in [-0.25, -0.2) is 0 Å². The highest BCUT2D eigenvalue weighted by atomic mass is 79.9. The standard InChI is InChI=1S/C25H19BrN4/c1-2-14-11-21(19-13-29-20-8-7-15(26)12-18(19)20)30-23-17-6-4-10-28-25(17)24-16(22(14)23)5-3-9-27-24/h3-10,12-14,29H,2,11H2,1H3. The predicted octanol–water partition coefficient (Wildman–Crippen LogP) is 7.04. The molecule has 0 amide bonds. The van der Waals surface area contributed by atoms with E-state index in [9.17, 15) is 0 Å². The molecular formula is C25H19BrN4. The fourth-order valence-electron chi connectivity index (χ4n) is 4.77. The molecular weight excluding hydrogens is 436 g/mol. The van der Waals surface area contributed by atoms with E-state index in [1.165, 1.54) is 21.9 Å². The smallest absolute Gasteiger partial charge is 0.0986 e. The van der Waals surface area contributed by atoms with Crippen molar-refractivity contribution in [3.8, 4) is 0 Å². The molecule has 4 heterocycles. The van der Waals surface area contributed by atoms with Gasteiger partial charge in [0, 0.05) is 50.3 Å². The molecule has 0 radical (unpaired) electrons. The van der Waals surface area contributed by atoms with Gasteiger partial charge in [-0.2, -0.15) is 0 Å². The van der Waals surface area contributed by atoms with Gasteiger partial charge in [0.15, 0.2) is 0 Å². The maximum atomic E-state index is 5.26. The third kappa shape index (κ3) is 2.55. The average molecular weight is 455 g/mol. The first kappa shape index (κ1) is 17.8. The lowest BCUT2D eigenvalue weighted by Gasteiger charge is -2.26. The van der Waals surface area contributed by atoms with E-state index in [0.717, 1.165) is 50.6 Å². The summed E-state index contributed by atoms with van der Waals surface area (Å²) in [6.07, 6.45) is 7.75. The first-order valence-corrected chi connectivity index (χ1v) is 11.0. The largest absolute Gasteiger partial charge is 0.360 e. The Morgan fingerprint density at radius 3 is 2.57 bits per heavy atom. The second kappa shape index (κ2) is 6.74. The lowest BCUT2D eigenvalue weighted by atomic mass is 9.82. The van der Waals surface area contributed by atoms with Crippen LogP contribution >= 0.6 is 15.9 Å². The molecule has 6 rings (SSSR count). The van der Waals surface area contributed by atoms with Crippen molar-refractivity contribution >= 4 is 60.0 Å². The Balaban J connectivity index is 1.70. The van der Waals surface area contributed by atoms with Gasteiger partial charge in [-0.1, -0.05) is 28.9 Å². The molecule has 0 saturated carbocycles. The summed E-state index contributed by atoms with van der Waals surface area (Å²) in [7, 11) is 0. The number of nitrogens with zero attached hydrogens (tertiary/aromatic N) is 3. The topological polar surface area (TPSA) is 53.9 Å². The Morgan fingerprint density at radius 2 is 1.77 bits per heavy atom. The van der Waals surface area contributed by atoms with Crippen LogP contribution in [0.2, 0.25) is 0 Å². The summed E-state index contributed by atoms with van der Waals surface area (Å²) >= 11 is 3.62. The number of H-pyrrole nitrogens is 1. The number of rotatable bonds is 2. The number of aromatic nitrogens is 3. The highest BCUT2D eigenvalue weighted by Gasteiger charge is 2.28. The van der Waals surface area contributed by atoms with Crippen LogP contribution in [0.15, 0.2) is 70.5 Å². The molecule has 0 spiro atoms. The number of hydrogen-bond donors (Lipinski definition) is 1. The number of benzene rings is 2. The second-order valence-electron chi connectivity index (χ2n) is 7.82. The van der Waals surface area contributed by atoms with Gasteiger partial charge in [-0.3, -0.25) is 15.0 Å². The summed E-state index contributed by atoms with van der Waals surface area (Å²) in [5.74, 6) is 0.390. The minimum absolute atomic E-state index is 0.390. The van der Waals surface area contributed by atoms with E-state index in [1.807, 2.05) is 24.5 Å². The van der Waals surface area contributed by atoms with E-state index in [-0.39, 0.29) is 0 Å². The van der Waals surface area contributed by atoms with Crippen molar-refractivity contribution in [1.29, 1.82) is 0 Å². The number of pyridine rings is 2. The Morgan fingerprint density at radius 1 is 1.00 bits per heavy atom. The summed E-state index contributed by atoms with van der Waals surface area (Å²) < 4.78 is 1.08. The van der Waals surface area contributed by atoms with Gasteiger partial charge in [0.25, 0.3) is 0 Å². The van der Waals surface area contributed by atoms with Gasteiger partial charge in [0.1, 0.15) is 0 Å². The molecule has 5 aromatic rings. The van der Waals surface area contributed by atoms with Crippen LogP contribution in [-0.4, -0.2) is 20.7 Å². The minimum atomic E-state index is 0.390. The SMILES string of the molecule is CCC1CC(c2c[nH]c3ccc(Br)cc23)=Nc2c1c1cccnc1c1ncccc21. The molecule has 0 saturated heterocycles. The second-order valence-corrected chi connectivity index (χ2v) is 8.74. The third-order valence-corrected chi connectivity index (χ3v) is 6.68. The van der Waals surface area contributed by atoms with Crippen molar-refractivity contribution < 1.29 is 0 Å². The molecule has 146 valence electrons. The van der Waals surface area contributed by atoms with Gasteiger partial charge in [0.2, 0.25) is 0 Å². The minimum Gasteiger partial charge on any atom is -0.360 e. The molecule has 0 aliphatic carbocycles. The summed E-state index contributed by atoms with van der Waals surface area (Å²) in [6.45, 7) is 2.26. The molecule has 5 heteroatoms. The van der Waals surface area contributed by atoms with Crippen LogP contribution in [0.3, 0.4) is 0 Å². The van der Waals surface area contributed by atoms with Crippen LogP contribution in [0.1, 0.15) is 36.8 Å². The molecule has 4 nitrogen and oxygen atoms in total. The van der Waals surface area contributed by atoms with Gasteiger partial charge in [-0.15, -0.1) is 0 Å². The lowest BCUT2D eigenvalue weighted by Crippen LogP contribution is -2.13. The molecule has 30 heavy (non-hydrogen) atoms. The Hall–Kier alpha value is -3.05. The van der Waals surface area contributed by atoms with Gasteiger partial charge < -0.3 is 4.98 Å². The zero-order chi connectivity index (χ0) is 20.2. The monoisotopic (exact) mass is 454 g/mol. The predicted molar refractivity (Wildman–Crippen MR) is 127 cm³/mol. The van der Waals surface area contributed by atoms with E-state index in [2.05, 4.69) is 74.3 Å². The van der Waals surface area contributed by atoms with Crippen molar-refractivity contribution in [1.82, 2.24) is 15.0 Å². The molecule has 1 atom stereocenters. The molecule has 1 aliphatic rings. The molecule has 1 unspecified atom stereocenters. The highest BCUT2D eigenvalue weighted by molar-refractivity contribution is 9.10. The number of aromatic amines is 1. The maximum absolute atomic E-state index is 5.26.